The molecule has 0 spiro atoms. The van der Waals surface area contributed by atoms with Crippen LogP contribution in [-0.2, 0) is 0 Å². The zero-order valence-electron chi connectivity index (χ0n) is 7.83. The summed E-state index contributed by atoms with van der Waals surface area (Å²) in [5.41, 5.74) is 3.79. The summed E-state index contributed by atoms with van der Waals surface area (Å²) >= 11 is 5.77. The number of nitrogens with one attached hydrogen (secondary N) is 2. The first-order valence-corrected chi connectivity index (χ1v) is 4.63. The van der Waals surface area contributed by atoms with E-state index in [9.17, 15) is 14.4 Å². The van der Waals surface area contributed by atoms with Crippen molar-refractivity contribution in [3.05, 3.63) is 43.6 Å². The van der Waals surface area contributed by atoms with Crippen molar-refractivity contribution >= 4 is 28.4 Å². The third-order valence-electron chi connectivity index (χ3n) is 2.11. The van der Waals surface area contributed by atoms with Crippen LogP contribution in [0.5, 0.6) is 0 Å². The predicted molar refractivity (Wildman–Crippen MR) is 58.7 cm³/mol. The lowest BCUT2D eigenvalue weighted by molar-refractivity contribution is 0.100. The standard InChI is InChI=1S/C9H6ClN3O3/c10-4-2-1-3-6(5(4)7(11)14)12-9(16)13-8(3)15/h1-2H,(H2,11,14)(H2,12,13,15,16). The lowest BCUT2D eigenvalue weighted by Gasteiger charge is -2.03. The number of amides is 1. The summed E-state index contributed by atoms with van der Waals surface area (Å²) in [6.07, 6.45) is 0. The first kappa shape index (κ1) is 10.4. The highest BCUT2D eigenvalue weighted by molar-refractivity contribution is 6.35. The molecule has 7 heteroatoms. The minimum absolute atomic E-state index is 0.0498. The van der Waals surface area contributed by atoms with E-state index in [4.69, 9.17) is 17.3 Å². The van der Waals surface area contributed by atoms with Crippen LogP contribution in [0.3, 0.4) is 0 Å². The van der Waals surface area contributed by atoms with Crippen LogP contribution in [0.1, 0.15) is 10.4 Å². The molecule has 0 aliphatic carbocycles. The molecule has 0 aliphatic rings. The first-order valence-electron chi connectivity index (χ1n) is 4.25. The maximum Gasteiger partial charge on any atom is 0.326 e. The number of benzene rings is 1. The topological polar surface area (TPSA) is 109 Å². The van der Waals surface area contributed by atoms with Crippen LogP contribution in [0, 0.1) is 0 Å². The molecule has 1 aromatic heterocycles. The van der Waals surface area contributed by atoms with E-state index in [2.05, 4.69) is 4.98 Å². The Hall–Kier alpha value is -2.08. The number of carbonyl (C=O) groups excluding carboxylic acids is 1. The number of carbonyl (C=O) groups is 1. The van der Waals surface area contributed by atoms with Crippen LogP contribution in [-0.4, -0.2) is 15.9 Å². The van der Waals surface area contributed by atoms with E-state index in [0.29, 0.717) is 0 Å². The quantitative estimate of drug-likeness (QED) is 0.650. The fourth-order valence-electron chi connectivity index (χ4n) is 1.45. The lowest BCUT2D eigenvalue weighted by atomic mass is 10.1. The molecule has 0 aliphatic heterocycles. The second-order valence-electron chi connectivity index (χ2n) is 3.12. The number of primary amides is 1. The second kappa shape index (κ2) is 3.49. The number of rotatable bonds is 1. The zero-order chi connectivity index (χ0) is 11.9. The summed E-state index contributed by atoms with van der Waals surface area (Å²) in [5, 5.41) is 0.235. The van der Waals surface area contributed by atoms with Gasteiger partial charge < -0.3 is 10.7 Å². The largest absolute Gasteiger partial charge is 0.365 e. The molecule has 2 aromatic rings. The highest BCUT2D eigenvalue weighted by Crippen LogP contribution is 2.21. The van der Waals surface area contributed by atoms with Crippen LogP contribution < -0.4 is 17.0 Å². The number of hydrogen-bond acceptors (Lipinski definition) is 3. The highest BCUT2D eigenvalue weighted by atomic mass is 35.5. The first-order chi connectivity index (χ1) is 7.50. The van der Waals surface area contributed by atoms with E-state index in [1.165, 1.54) is 12.1 Å². The third-order valence-corrected chi connectivity index (χ3v) is 2.43. The Bertz CT molecular complexity index is 701. The summed E-state index contributed by atoms with van der Waals surface area (Å²) in [4.78, 5) is 38.0. The van der Waals surface area contributed by atoms with Crippen molar-refractivity contribution in [3.63, 3.8) is 0 Å². The SMILES string of the molecule is NC(=O)c1c(Cl)ccc2c(=O)[nH]c(=O)[nH]c12. The van der Waals surface area contributed by atoms with Crippen LogP contribution in [0.2, 0.25) is 5.02 Å². The molecule has 1 amide bonds. The number of aromatic amines is 2. The molecule has 0 radical (unpaired) electrons. The summed E-state index contributed by atoms with van der Waals surface area (Å²) in [6, 6.07) is 2.77. The van der Waals surface area contributed by atoms with E-state index in [-0.39, 0.29) is 21.5 Å². The highest BCUT2D eigenvalue weighted by Gasteiger charge is 2.14. The van der Waals surface area contributed by atoms with Crippen molar-refractivity contribution in [1.82, 2.24) is 9.97 Å². The Balaban J connectivity index is 3.09. The van der Waals surface area contributed by atoms with Gasteiger partial charge in [-0.25, -0.2) is 4.79 Å². The minimum atomic E-state index is -0.808. The molecule has 1 heterocycles. The Labute approximate surface area is 93.0 Å². The molecule has 0 bridgehead atoms. The van der Waals surface area contributed by atoms with Crippen molar-refractivity contribution in [3.8, 4) is 0 Å². The van der Waals surface area contributed by atoms with E-state index < -0.39 is 17.2 Å². The van der Waals surface area contributed by atoms with E-state index >= 15 is 0 Å². The molecular formula is C9H6ClN3O3. The Morgan fingerprint density at radius 3 is 2.56 bits per heavy atom. The number of aromatic nitrogens is 2. The Morgan fingerprint density at radius 1 is 1.25 bits per heavy atom. The number of hydrogen-bond donors (Lipinski definition) is 3. The van der Waals surface area contributed by atoms with E-state index in [0.717, 1.165) is 0 Å². The molecule has 0 saturated heterocycles. The summed E-state index contributed by atoms with van der Waals surface area (Å²) < 4.78 is 0. The summed E-state index contributed by atoms with van der Waals surface area (Å²) in [5.74, 6) is -0.808. The van der Waals surface area contributed by atoms with Gasteiger partial charge in [-0.05, 0) is 12.1 Å². The van der Waals surface area contributed by atoms with Crippen LogP contribution in [0.25, 0.3) is 10.9 Å². The van der Waals surface area contributed by atoms with Gasteiger partial charge >= 0.3 is 5.69 Å². The molecule has 1 aromatic carbocycles. The van der Waals surface area contributed by atoms with Crippen LogP contribution >= 0.6 is 11.6 Å². The maximum absolute atomic E-state index is 11.4. The van der Waals surface area contributed by atoms with Crippen molar-refractivity contribution in [2.24, 2.45) is 5.73 Å². The van der Waals surface area contributed by atoms with Gasteiger partial charge in [-0.2, -0.15) is 0 Å². The van der Waals surface area contributed by atoms with Gasteiger partial charge in [0.25, 0.3) is 11.5 Å². The molecular weight excluding hydrogens is 234 g/mol. The molecule has 0 fully saturated rings. The second-order valence-corrected chi connectivity index (χ2v) is 3.52. The van der Waals surface area contributed by atoms with Gasteiger partial charge in [0.05, 0.1) is 21.5 Å². The van der Waals surface area contributed by atoms with E-state index in [1.807, 2.05) is 4.98 Å². The monoisotopic (exact) mass is 239 g/mol. The predicted octanol–water partition coefficient (Wildman–Crippen LogP) is -0.0313. The molecule has 0 saturated carbocycles. The Morgan fingerprint density at radius 2 is 1.94 bits per heavy atom. The molecule has 6 nitrogen and oxygen atoms in total. The summed E-state index contributed by atoms with van der Waals surface area (Å²) in [6.45, 7) is 0. The zero-order valence-corrected chi connectivity index (χ0v) is 8.59. The van der Waals surface area contributed by atoms with Gasteiger partial charge in [0, 0.05) is 0 Å². The van der Waals surface area contributed by atoms with Crippen molar-refractivity contribution in [2.75, 3.05) is 0 Å². The summed E-state index contributed by atoms with van der Waals surface area (Å²) in [7, 11) is 0. The van der Waals surface area contributed by atoms with Crippen LogP contribution in [0.4, 0.5) is 0 Å². The van der Waals surface area contributed by atoms with E-state index in [1.54, 1.807) is 0 Å². The maximum atomic E-state index is 11.4. The smallest absolute Gasteiger partial charge is 0.326 e. The van der Waals surface area contributed by atoms with Crippen LogP contribution in [0.15, 0.2) is 21.7 Å². The lowest BCUT2D eigenvalue weighted by Crippen LogP contribution is -2.24. The molecule has 0 atom stereocenters. The number of nitrogens with two attached hydrogens (primary N) is 1. The van der Waals surface area contributed by atoms with Gasteiger partial charge in [0.1, 0.15) is 0 Å². The van der Waals surface area contributed by atoms with Gasteiger partial charge in [-0.15, -0.1) is 0 Å². The molecule has 82 valence electrons. The normalized spacial score (nSPS) is 10.6. The van der Waals surface area contributed by atoms with Crippen molar-refractivity contribution in [2.45, 2.75) is 0 Å². The van der Waals surface area contributed by atoms with Crippen molar-refractivity contribution < 1.29 is 4.79 Å². The number of halogens is 1. The number of fused-ring (bicyclic) bond motifs is 1. The minimum Gasteiger partial charge on any atom is -0.365 e. The average Bonchev–Trinajstić information content (AvgIpc) is 2.15. The Kier molecular flexibility index (Phi) is 2.28. The average molecular weight is 240 g/mol. The third kappa shape index (κ3) is 1.49. The van der Waals surface area contributed by atoms with Crippen molar-refractivity contribution in [1.29, 1.82) is 0 Å². The van der Waals surface area contributed by atoms with Gasteiger partial charge in [-0.3, -0.25) is 14.6 Å². The molecule has 2 rings (SSSR count). The molecule has 0 unspecified atom stereocenters. The fourth-order valence-corrected chi connectivity index (χ4v) is 1.70. The van der Waals surface area contributed by atoms with Gasteiger partial charge in [0.15, 0.2) is 0 Å². The fraction of sp³-hybridized carbons (Fsp3) is 0. The molecule has 4 N–H and O–H groups in total. The number of H-pyrrole nitrogens is 2. The van der Waals surface area contributed by atoms with Gasteiger partial charge in [0.2, 0.25) is 0 Å². The van der Waals surface area contributed by atoms with Gasteiger partial charge in [-0.1, -0.05) is 11.6 Å². The molecule has 16 heavy (non-hydrogen) atoms.